The van der Waals surface area contributed by atoms with Crippen LogP contribution in [0, 0.1) is 5.41 Å². The van der Waals surface area contributed by atoms with Gasteiger partial charge in [-0.25, -0.2) is 18.2 Å². The van der Waals surface area contributed by atoms with Crippen molar-refractivity contribution < 1.29 is 22.7 Å². The Labute approximate surface area is 174 Å². The van der Waals surface area contributed by atoms with Crippen LogP contribution in [0.15, 0.2) is 18.3 Å². The predicted octanol–water partition coefficient (Wildman–Crippen LogP) is 1.79. The molecular weight excluding hydrogens is 408 g/mol. The first-order valence-corrected chi connectivity index (χ1v) is 11.9. The van der Waals surface area contributed by atoms with Crippen molar-refractivity contribution in [3.05, 3.63) is 23.9 Å². The van der Waals surface area contributed by atoms with E-state index >= 15 is 0 Å². The van der Waals surface area contributed by atoms with Gasteiger partial charge in [0.2, 0.25) is 0 Å². The number of rotatable bonds is 3. The van der Waals surface area contributed by atoms with Gasteiger partial charge in [0.1, 0.15) is 11.3 Å². The second-order valence-electron chi connectivity index (χ2n) is 8.51. The normalized spacial score (nSPS) is 22.4. The van der Waals surface area contributed by atoms with Crippen molar-refractivity contribution in [2.75, 3.05) is 50.2 Å². The Kier molecular flexibility index (Phi) is 4.59. The molecule has 9 nitrogen and oxygen atoms in total. The second kappa shape index (κ2) is 7.05. The van der Waals surface area contributed by atoms with E-state index in [2.05, 4.69) is 15.3 Å². The van der Waals surface area contributed by atoms with Gasteiger partial charge in [-0.3, -0.25) is 10.3 Å². The minimum absolute atomic E-state index is 0.172. The molecule has 0 atom stereocenters. The molecule has 0 radical (unpaired) electrons. The summed E-state index contributed by atoms with van der Waals surface area (Å²) in [6.07, 6.45) is 3.44. The summed E-state index contributed by atoms with van der Waals surface area (Å²) in [7, 11) is -1.32. The van der Waals surface area contributed by atoms with Crippen LogP contribution in [0.4, 0.5) is 10.6 Å². The summed E-state index contributed by atoms with van der Waals surface area (Å²) < 4.78 is 33.8. The fraction of sp³-hybridized carbons (Fsp3) is 0.550. The Morgan fingerprint density at radius 2 is 1.97 bits per heavy atom. The Morgan fingerprint density at radius 1 is 1.23 bits per heavy atom. The van der Waals surface area contributed by atoms with E-state index in [0.717, 1.165) is 37.1 Å². The standard InChI is InChI=1S/C20H24N4O5S/c1-28-15-3-2-14(13-4-6-29-7-5-13)17-18(15)22-16(8-21-17)23-19(25)24-9-20(10-24)11-30(26,27)12-20/h2-3,8,13H,4-7,9-12H2,1H3,(H,22,23,25). The number of carbonyl (C=O) groups is 1. The lowest BCUT2D eigenvalue weighted by Gasteiger charge is -2.54. The zero-order valence-electron chi connectivity index (χ0n) is 16.8. The highest BCUT2D eigenvalue weighted by atomic mass is 32.2. The number of nitrogens with zero attached hydrogens (tertiary/aromatic N) is 3. The van der Waals surface area contributed by atoms with E-state index in [-0.39, 0.29) is 23.0 Å². The summed E-state index contributed by atoms with van der Waals surface area (Å²) in [6.45, 7) is 2.38. The molecule has 3 saturated heterocycles. The van der Waals surface area contributed by atoms with Gasteiger partial charge in [0.15, 0.2) is 15.7 Å². The van der Waals surface area contributed by atoms with Gasteiger partial charge in [0.05, 0.1) is 30.3 Å². The van der Waals surface area contributed by atoms with E-state index in [1.54, 1.807) is 18.2 Å². The average Bonchev–Trinajstić information content (AvgIpc) is 2.69. The van der Waals surface area contributed by atoms with Crippen LogP contribution in [0.3, 0.4) is 0 Å². The van der Waals surface area contributed by atoms with Gasteiger partial charge < -0.3 is 14.4 Å². The first-order valence-electron chi connectivity index (χ1n) is 10.1. The van der Waals surface area contributed by atoms with Crippen LogP contribution in [0.25, 0.3) is 11.0 Å². The van der Waals surface area contributed by atoms with Crippen molar-refractivity contribution in [3.8, 4) is 5.75 Å². The summed E-state index contributed by atoms with van der Waals surface area (Å²) in [4.78, 5) is 23.4. The van der Waals surface area contributed by atoms with E-state index in [1.807, 2.05) is 12.1 Å². The molecule has 10 heteroatoms. The zero-order valence-corrected chi connectivity index (χ0v) is 17.6. The highest BCUT2D eigenvalue weighted by molar-refractivity contribution is 7.92. The number of carbonyl (C=O) groups excluding carboxylic acids is 1. The molecule has 3 aliphatic heterocycles. The highest BCUT2D eigenvalue weighted by Gasteiger charge is 2.57. The topological polar surface area (TPSA) is 111 Å². The van der Waals surface area contributed by atoms with E-state index in [4.69, 9.17) is 9.47 Å². The number of hydrogen-bond acceptors (Lipinski definition) is 7. The Morgan fingerprint density at radius 3 is 2.63 bits per heavy atom. The van der Waals surface area contributed by atoms with E-state index in [0.29, 0.717) is 36.1 Å². The van der Waals surface area contributed by atoms with Crippen molar-refractivity contribution in [2.24, 2.45) is 5.41 Å². The smallest absolute Gasteiger partial charge is 0.323 e. The molecule has 3 fully saturated rings. The van der Waals surface area contributed by atoms with Crippen LogP contribution in [0.5, 0.6) is 5.75 Å². The maximum Gasteiger partial charge on any atom is 0.323 e. The molecule has 160 valence electrons. The molecule has 0 unspecified atom stereocenters. The number of nitrogens with one attached hydrogen (secondary N) is 1. The molecule has 1 aromatic carbocycles. The van der Waals surface area contributed by atoms with Crippen LogP contribution >= 0.6 is 0 Å². The van der Waals surface area contributed by atoms with E-state index in [9.17, 15) is 13.2 Å². The summed E-state index contributed by atoms with van der Waals surface area (Å²) in [5, 5.41) is 2.78. The fourth-order valence-corrected chi connectivity index (χ4v) is 6.97. The molecule has 0 bridgehead atoms. The molecule has 2 amide bonds. The maximum absolute atomic E-state index is 12.5. The highest BCUT2D eigenvalue weighted by Crippen LogP contribution is 2.41. The first-order chi connectivity index (χ1) is 14.4. The molecule has 1 aromatic heterocycles. The molecule has 0 saturated carbocycles. The fourth-order valence-electron chi connectivity index (χ4n) is 4.83. The number of sulfone groups is 1. The number of fused-ring (bicyclic) bond motifs is 1. The number of hydrogen-bond donors (Lipinski definition) is 1. The van der Waals surface area contributed by atoms with Crippen LogP contribution in [0.2, 0.25) is 0 Å². The maximum atomic E-state index is 12.5. The third-order valence-corrected chi connectivity index (χ3v) is 8.31. The monoisotopic (exact) mass is 432 g/mol. The number of urea groups is 1. The first kappa shape index (κ1) is 19.5. The number of likely N-dealkylation sites (tertiary alicyclic amines) is 1. The number of ether oxygens (including phenoxy) is 2. The average molecular weight is 433 g/mol. The summed E-state index contributed by atoms with van der Waals surface area (Å²) >= 11 is 0. The van der Waals surface area contributed by atoms with E-state index in [1.165, 1.54) is 0 Å². The van der Waals surface area contributed by atoms with Crippen LogP contribution in [-0.4, -0.2) is 74.2 Å². The minimum Gasteiger partial charge on any atom is -0.494 e. The molecule has 5 rings (SSSR count). The second-order valence-corrected chi connectivity index (χ2v) is 10.6. The molecular formula is C20H24N4O5S. The third kappa shape index (κ3) is 3.37. The molecule has 4 heterocycles. The lowest BCUT2D eigenvalue weighted by molar-refractivity contribution is 0.0617. The van der Waals surface area contributed by atoms with Crippen molar-refractivity contribution >= 4 is 32.7 Å². The van der Waals surface area contributed by atoms with Gasteiger partial charge in [-0.05, 0) is 30.4 Å². The lowest BCUT2D eigenvalue weighted by atomic mass is 9.83. The van der Waals surface area contributed by atoms with Gasteiger partial charge in [-0.1, -0.05) is 6.07 Å². The number of anilines is 1. The van der Waals surface area contributed by atoms with Crippen molar-refractivity contribution in [2.45, 2.75) is 18.8 Å². The molecule has 0 aliphatic carbocycles. The SMILES string of the molecule is COc1ccc(C2CCOCC2)c2ncc(NC(=O)N3CC4(C3)CS(=O)(=O)C4)nc12. The summed E-state index contributed by atoms with van der Waals surface area (Å²) in [5.74, 6) is 1.65. The summed E-state index contributed by atoms with van der Waals surface area (Å²) in [5.41, 5.74) is 2.27. The Balaban J connectivity index is 1.35. The zero-order chi connectivity index (χ0) is 20.9. The molecule has 30 heavy (non-hydrogen) atoms. The van der Waals surface area contributed by atoms with Gasteiger partial charge in [0.25, 0.3) is 0 Å². The van der Waals surface area contributed by atoms with E-state index < -0.39 is 9.84 Å². The van der Waals surface area contributed by atoms with Crippen molar-refractivity contribution in [1.82, 2.24) is 14.9 Å². The van der Waals surface area contributed by atoms with Gasteiger partial charge in [0, 0.05) is 31.7 Å². The minimum atomic E-state index is -2.91. The Bertz CT molecular complexity index is 1090. The van der Waals surface area contributed by atoms with Crippen LogP contribution < -0.4 is 10.1 Å². The van der Waals surface area contributed by atoms with Crippen LogP contribution in [-0.2, 0) is 14.6 Å². The van der Waals surface area contributed by atoms with Crippen molar-refractivity contribution in [3.63, 3.8) is 0 Å². The lowest BCUT2D eigenvalue weighted by Crippen LogP contribution is -2.69. The molecule has 1 spiro atoms. The third-order valence-electron chi connectivity index (χ3n) is 6.20. The quantitative estimate of drug-likeness (QED) is 0.787. The van der Waals surface area contributed by atoms with Crippen molar-refractivity contribution in [1.29, 1.82) is 0 Å². The number of aromatic nitrogens is 2. The van der Waals surface area contributed by atoms with Gasteiger partial charge >= 0.3 is 6.03 Å². The Hall–Kier alpha value is -2.46. The predicted molar refractivity (Wildman–Crippen MR) is 111 cm³/mol. The number of methoxy groups -OCH3 is 1. The number of benzene rings is 1. The van der Waals surface area contributed by atoms with Crippen LogP contribution in [0.1, 0.15) is 24.3 Å². The molecule has 3 aliphatic rings. The van der Waals surface area contributed by atoms with Gasteiger partial charge in [-0.15, -0.1) is 0 Å². The van der Waals surface area contributed by atoms with Gasteiger partial charge in [-0.2, -0.15) is 0 Å². The largest absolute Gasteiger partial charge is 0.494 e. The molecule has 1 N–H and O–H groups in total. The molecule has 2 aromatic rings. The summed E-state index contributed by atoms with van der Waals surface area (Å²) in [6, 6.07) is 3.64. The number of amides is 2.